The Morgan fingerprint density at radius 1 is 0.684 bits per heavy atom. The number of benzene rings is 2. The highest BCUT2D eigenvalue weighted by Crippen LogP contribution is 2.13. The lowest BCUT2D eigenvalue weighted by molar-refractivity contribution is 0.0894. The highest BCUT2D eigenvalue weighted by atomic mass is 32.1. The van der Waals surface area contributed by atoms with E-state index in [2.05, 4.69) is 25.3 Å². The molecule has 0 N–H and O–H groups in total. The third-order valence-electron chi connectivity index (χ3n) is 2.70. The summed E-state index contributed by atoms with van der Waals surface area (Å²) in [7, 11) is 0. The van der Waals surface area contributed by atoms with E-state index in [4.69, 9.17) is 0 Å². The van der Waals surface area contributed by atoms with Gasteiger partial charge in [0, 0.05) is 20.9 Å². The molecule has 0 aliphatic rings. The Bertz CT molecular complexity index is 546. The highest BCUT2D eigenvalue weighted by molar-refractivity contribution is 7.80. The normalized spacial score (nSPS) is 10.2. The van der Waals surface area contributed by atoms with Crippen LogP contribution in [-0.4, -0.2) is 11.6 Å². The largest absolute Gasteiger partial charge is 0.294 e. The summed E-state index contributed by atoms with van der Waals surface area (Å²) in [6.45, 7) is 0. The van der Waals surface area contributed by atoms with Gasteiger partial charge in [0.25, 0.3) is 0 Å². The van der Waals surface area contributed by atoms with Gasteiger partial charge >= 0.3 is 0 Å². The average Bonchev–Trinajstić information content (AvgIpc) is 2.40. The molecule has 0 amide bonds. The molecule has 0 aliphatic carbocycles. The Kier molecular flexibility index (Phi) is 4.45. The van der Waals surface area contributed by atoms with Crippen molar-refractivity contribution in [2.75, 3.05) is 0 Å². The molecule has 0 saturated heterocycles. The van der Waals surface area contributed by atoms with Crippen molar-refractivity contribution in [1.29, 1.82) is 0 Å². The third kappa shape index (κ3) is 3.72. The van der Waals surface area contributed by atoms with Gasteiger partial charge in [0.05, 0.1) is 6.42 Å². The monoisotopic (exact) mass is 288 g/mol. The molecule has 0 bridgehead atoms. The first-order valence-electron chi connectivity index (χ1n) is 5.71. The summed E-state index contributed by atoms with van der Waals surface area (Å²) >= 11 is 8.30. The van der Waals surface area contributed by atoms with E-state index in [0.717, 1.165) is 9.79 Å². The van der Waals surface area contributed by atoms with Crippen molar-refractivity contribution in [1.82, 2.24) is 0 Å². The van der Waals surface area contributed by atoms with Crippen LogP contribution in [0, 0.1) is 0 Å². The first-order valence-corrected chi connectivity index (χ1v) is 6.60. The predicted octanol–water partition coefficient (Wildman–Crippen LogP) is 3.72. The number of ketones is 2. The summed E-state index contributed by atoms with van der Waals surface area (Å²) in [5.74, 6) is -0.374. The van der Waals surface area contributed by atoms with Crippen LogP contribution in [0.4, 0.5) is 0 Å². The lowest BCUT2D eigenvalue weighted by atomic mass is 10.0. The molecule has 0 saturated carbocycles. The van der Waals surface area contributed by atoms with Crippen LogP contribution in [0.1, 0.15) is 27.1 Å². The SMILES string of the molecule is O=C(CC(=O)c1ccc(S)cc1)c1ccc(S)cc1. The van der Waals surface area contributed by atoms with Gasteiger partial charge in [0.1, 0.15) is 0 Å². The van der Waals surface area contributed by atoms with E-state index >= 15 is 0 Å². The molecule has 0 unspecified atom stereocenters. The van der Waals surface area contributed by atoms with Crippen molar-refractivity contribution in [3.8, 4) is 0 Å². The Morgan fingerprint density at radius 3 is 1.32 bits per heavy atom. The van der Waals surface area contributed by atoms with Gasteiger partial charge in [-0.2, -0.15) is 0 Å². The van der Waals surface area contributed by atoms with Crippen molar-refractivity contribution < 1.29 is 9.59 Å². The zero-order chi connectivity index (χ0) is 13.8. The molecule has 2 aromatic rings. The van der Waals surface area contributed by atoms with Crippen molar-refractivity contribution in [3.63, 3.8) is 0 Å². The molecule has 19 heavy (non-hydrogen) atoms. The molecule has 2 rings (SSSR count). The Balaban J connectivity index is 2.08. The minimum Gasteiger partial charge on any atom is -0.294 e. The second-order valence-electron chi connectivity index (χ2n) is 4.12. The molecule has 0 radical (unpaired) electrons. The maximum absolute atomic E-state index is 11.9. The summed E-state index contributed by atoms with van der Waals surface area (Å²) in [5.41, 5.74) is 1.05. The van der Waals surface area contributed by atoms with E-state index in [1.807, 2.05) is 0 Å². The van der Waals surface area contributed by atoms with Crippen molar-refractivity contribution >= 4 is 36.8 Å². The second-order valence-corrected chi connectivity index (χ2v) is 5.15. The zero-order valence-electron chi connectivity index (χ0n) is 10.0. The highest BCUT2D eigenvalue weighted by Gasteiger charge is 2.13. The van der Waals surface area contributed by atoms with E-state index < -0.39 is 0 Å². The minimum atomic E-state index is -0.187. The zero-order valence-corrected chi connectivity index (χ0v) is 11.8. The van der Waals surface area contributed by atoms with Gasteiger partial charge < -0.3 is 0 Å². The van der Waals surface area contributed by atoms with E-state index in [1.165, 1.54) is 0 Å². The van der Waals surface area contributed by atoms with Gasteiger partial charge in [-0.25, -0.2) is 0 Å². The van der Waals surface area contributed by atoms with Crippen LogP contribution in [0.5, 0.6) is 0 Å². The van der Waals surface area contributed by atoms with E-state index in [-0.39, 0.29) is 18.0 Å². The Morgan fingerprint density at radius 2 is 1.00 bits per heavy atom. The fourth-order valence-corrected chi connectivity index (χ4v) is 1.94. The van der Waals surface area contributed by atoms with Crippen LogP contribution in [0.15, 0.2) is 58.3 Å². The number of hydrogen-bond donors (Lipinski definition) is 2. The molecule has 0 atom stereocenters. The van der Waals surface area contributed by atoms with Crippen LogP contribution >= 0.6 is 25.3 Å². The molecule has 0 aromatic heterocycles. The fourth-order valence-electron chi connectivity index (χ4n) is 1.64. The van der Waals surface area contributed by atoms with Crippen molar-refractivity contribution in [3.05, 3.63) is 59.7 Å². The molecule has 0 fully saturated rings. The Labute approximate surface area is 122 Å². The second kappa shape index (κ2) is 6.08. The van der Waals surface area contributed by atoms with Crippen molar-refractivity contribution in [2.24, 2.45) is 0 Å². The lowest BCUT2D eigenvalue weighted by Gasteiger charge is -2.02. The van der Waals surface area contributed by atoms with Gasteiger partial charge in [0.15, 0.2) is 11.6 Å². The number of carbonyl (C=O) groups excluding carboxylic acids is 2. The molecule has 2 nitrogen and oxygen atoms in total. The number of Topliss-reactive ketones (excluding diaryl/α,β-unsaturated/α-hetero) is 2. The third-order valence-corrected chi connectivity index (χ3v) is 3.30. The smallest absolute Gasteiger partial charge is 0.170 e. The summed E-state index contributed by atoms with van der Waals surface area (Å²) in [4.78, 5) is 25.5. The molecular weight excluding hydrogens is 276 g/mol. The van der Waals surface area contributed by atoms with Crippen molar-refractivity contribution in [2.45, 2.75) is 16.2 Å². The number of thiol groups is 2. The maximum Gasteiger partial charge on any atom is 0.170 e. The number of hydrogen-bond acceptors (Lipinski definition) is 4. The predicted molar refractivity (Wildman–Crippen MR) is 80.7 cm³/mol. The molecule has 0 heterocycles. The summed E-state index contributed by atoms with van der Waals surface area (Å²) in [5, 5.41) is 0. The van der Waals surface area contributed by atoms with Crippen LogP contribution in [0.2, 0.25) is 0 Å². The summed E-state index contributed by atoms with van der Waals surface area (Å²) < 4.78 is 0. The topological polar surface area (TPSA) is 34.1 Å². The van der Waals surface area contributed by atoms with Gasteiger partial charge in [-0.1, -0.05) is 24.3 Å². The van der Waals surface area contributed by atoms with Crippen LogP contribution in [-0.2, 0) is 0 Å². The van der Waals surface area contributed by atoms with Crippen LogP contribution in [0.3, 0.4) is 0 Å². The lowest BCUT2D eigenvalue weighted by Crippen LogP contribution is -2.08. The molecule has 0 spiro atoms. The van der Waals surface area contributed by atoms with Gasteiger partial charge in [-0.15, -0.1) is 25.3 Å². The van der Waals surface area contributed by atoms with Gasteiger partial charge in [-0.05, 0) is 24.3 Å². The van der Waals surface area contributed by atoms with Gasteiger partial charge in [-0.3, -0.25) is 9.59 Å². The van der Waals surface area contributed by atoms with Crippen LogP contribution < -0.4 is 0 Å². The van der Waals surface area contributed by atoms with E-state index in [0.29, 0.717) is 11.1 Å². The minimum absolute atomic E-state index is 0.127. The number of carbonyl (C=O) groups is 2. The van der Waals surface area contributed by atoms with E-state index in [9.17, 15) is 9.59 Å². The van der Waals surface area contributed by atoms with Gasteiger partial charge in [0.2, 0.25) is 0 Å². The van der Waals surface area contributed by atoms with E-state index in [1.54, 1.807) is 48.5 Å². The van der Waals surface area contributed by atoms with Crippen LogP contribution in [0.25, 0.3) is 0 Å². The summed E-state index contributed by atoms with van der Waals surface area (Å²) in [6.07, 6.45) is -0.127. The standard InChI is InChI=1S/C15H12O2S2/c16-14(10-1-5-12(18)6-2-10)9-15(17)11-3-7-13(19)8-4-11/h1-8,18-19H,9H2. The molecular formula is C15H12O2S2. The molecule has 0 aliphatic heterocycles. The first kappa shape index (κ1) is 13.9. The molecule has 4 heteroatoms. The number of rotatable bonds is 4. The summed E-state index contributed by atoms with van der Waals surface area (Å²) in [6, 6.07) is 13.6. The fraction of sp³-hybridized carbons (Fsp3) is 0.0667. The maximum atomic E-state index is 11.9. The first-order chi connectivity index (χ1) is 9.06. The molecule has 96 valence electrons. The quantitative estimate of drug-likeness (QED) is 0.511. The molecule has 2 aromatic carbocycles. The average molecular weight is 288 g/mol. The Hall–Kier alpha value is -1.52.